The van der Waals surface area contributed by atoms with Gasteiger partial charge in [-0.1, -0.05) is 12.1 Å². The molecule has 1 aromatic carbocycles. The third kappa shape index (κ3) is 4.18. The maximum atomic E-state index is 11.9. The van der Waals surface area contributed by atoms with E-state index in [0.29, 0.717) is 0 Å². The first-order valence-electron chi connectivity index (χ1n) is 4.70. The summed E-state index contributed by atoms with van der Waals surface area (Å²) < 4.78 is 23.9. The second-order valence-electron chi connectivity index (χ2n) is 3.95. The van der Waals surface area contributed by atoms with Crippen molar-refractivity contribution in [3.63, 3.8) is 0 Å². The van der Waals surface area contributed by atoms with Crippen LogP contribution in [0.25, 0.3) is 0 Å². The Hall–Kier alpha value is -0.610. The standard InChI is InChI=1S/C11H15F2NS/c1-11(2,14)8-3-5-9(6-4-8)15-7-10(12)13/h3-6,10H,7,14H2,1-2H3. The summed E-state index contributed by atoms with van der Waals surface area (Å²) >= 11 is 1.16. The Kier molecular flexibility index (Phi) is 4.11. The van der Waals surface area contributed by atoms with Crippen molar-refractivity contribution < 1.29 is 8.78 Å². The van der Waals surface area contributed by atoms with Crippen molar-refractivity contribution in [1.82, 2.24) is 0 Å². The zero-order chi connectivity index (χ0) is 11.5. The normalized spacial score (nSPS) is 12.1. The number of nitrogens with two attached hydrogens (primary N) is 1. The number of thioether (sulfide) groups is 1. The van der Waals surface area contributed by atoms with Gasteiger partial charge in [0.25, 0.3) is 0 Å². The molecular weight excluding hydrogens is 216 g/mol. The molecule has 0 unspecified atom stereocenters. The van der Waals surface area contributed by atoms with Crippen LogP contribution in [0.4, 0.5) is 8.78 Å². The lowest BCUT2D eigenvalue weighted by atomic mass is 9.96. The molecule has 0 aromatic heterocycles. The minimum atomic E-state index is -2.26. The van der Waals surface area contributed by atoms with Crippen LogP contribution in [-0.4, -0.2) is 12.2 Å². The van der Waals surface area contributed by atoms with Gasteiger partial charge in [0, 0.05) is 10.4 Å². The van der Waals surface area contributed by atoms with Crippen molar-refractivity contribution in [1.29, 1.82) is 0 Å². The molecule has 0 aliphatic heterocycles. The van der Waals surface area contributed by atoms with Gasteiger partial charge in [0.15, 0.2) is 0 Å². The quantitative estimate of drug-likeness (QED) is 0.805. The Labute approximate surface area is 93.1 Å². The van der Waals surface area contributed by atoms with Crippen LogP contribution in [0.2, 0.25) is 0 Å². The van der Waals surface area contributed by atoms with Gasteiger partial charge >= 0.3 is 0 Å². The topological polar surface area (TPSA) is 26.0 Å². The fourth-order valence-corrected chi connectivity index (χ4v) is 1.79. The van der Waals surface area contributed by atoms with Crippen LogP contribution in [0.3, 0.4) is 0 Å². The maximum Gasteiger partial charge on any atom is 0.247 e. The van der Waals surface area contributed by atoms with E-state index in [1.165, 1.54) is 0 Å². The van der Waals surface area contributed by atoms with E-state index in [2.05, 4.69) is 0 Å². The maximum absolute atomic E-state index is 11.9. The van der Waals surface area contributed by atoms with Crippen LogP contribution in [0.1, 0.15) is 19.4 Å². The lowest BCUT2D eigenvalue weighted by Gasteiger charge is -2.19. The number of hydrogen-bond donors (Lipinski definition) is 1. The Morgan fingerprint density at radius 1 is 1.27 bits per heavy atom. The van der Waals surface area contributed by atoms with E-state index < -0.39 is 6.43 Å². The molecule has 2 N–H and O–H groups in total. The van der Waals surface area contributed by atoms with E-state index in [-0.39, 0.29) is 11.3 Å². The fraction of sp³-hybridized carbons (Fsp3) is 0.455. The van der Waals surface area contributed by atoms with Crippen LogP contribution in [0.15, 0.2) is 29.2 Å². The third-order valence-electron chi connectivity index (χ3n) is 1.97. The first-order chi connectivity index (χ1) is 6.89. The van der Waals surface area contributed by atoms with Crippen LogP contribution in [0, 0.1) is 0 Å². The molecule has 0 atom stereocenters. The highest BCUT2D eigenvalue weighted by Gasteiger charge is 2.13. The Bertz CT molecular complexity index is 303. The minimum absolute atomic E-state index is 0.161. The molecule has 15 heavy (non-hydrogen) atoms. The first kappa shape index (κ1) is 12.5. The molecule has 1 aromatic rings. The Balaban J connectivity index is 2.65. The first-order valence-corrected chi connectivity index (χ1v) is 5.68. The van der Waals surface area contributed by atoms with Crippen molar-refractivity contribution in [2.24, 2.45) is 5.73 Å². The van der Waals surface area contributed by atoms with Gasteiger partial charge in [0.1, 0.15) is 0 Å². The molecule has 0 radical (unpaired) electrons. The van der Waals surface area contributed by atoms with Gasteiger partial charge < -0.3 is 5.73 Å². The second kappa shape index (κ2) is 4.94. The molecule has 0 bridgehead atoms. The molecule has 0 saturated heterocycles. The minimum Gasteiger partial charge on any atom is -0.322 e. The zero-order valence-corrected chi connectivity index (χ0v) is 9.65. The summed E-state index contributed by atoms with van der Waals surface area (Å²) in [5.74, 6) is -0.161. The summed E-state index contributed by atoms with van der Waals surface area (Å²) in [5.41, 5.74) is 6.52. The van der Waals surface area contributed by atoms with E-state index in [0.717, 1.165) is 22.2 Å². The van der Waals surface area contributed by atoms with Crippen LogP contribution >= 0.6 is 11.8 Å². The Morgan fingerprint density at radius 3 is 2.20 bits per heavy atom. The molecular formula is C11H15F2NS. The molecule has 0 aliphatic rings. The highest BCUT2D eigenvalue weighted by Crippen LogP contribution is 2.23. The summed E-state index contributed by atoms with van der Waals surface area (Å²) in [6.07, 6.45) is -2.26. The number of alkyl halides is 2. The largest absolute Gasteiger partial charge is 0.322 e. The predicted molar refractivity (Wildman–Crippen MR) is 60.4 cm³/mol. The summed E-state index contributed by atoms with van der Waals surface area (Å²) in [7, 11) is 0. The average molecular weight is 231 g/mol. The van der Waals surface area contributed by atoms with Crippen LogP contribution in [0.5, 0.6) is 0 Å². The predicted octanol–water partition coefficient (Wildman–Crippen LogP) is 3.24. The SMILES string of the molecule is CC(C)(N)c1ccc(SCC(F)F)cc1. The van der Waals surface area contributed by atoms with E-state index in [4.69, 9.17) is 5.73 Å². The summed E-state index contributed by atoms with van der Waals surface area (Å²) in [4.78, 5) is 0.850. The molecule has 0 saturated carbocycles. The molecule has 0 fully saturated rings. The summed E-state index contributed by atoms with van der Waals surface area (Å²) in [6.45, 7) is 3.82. The van der Waals surface area contributed by atoms with Crippen molar-refractivity contribution in [2.45, 2.75) is 30.7 Å². The highest BCUT2D eigenvalue weighted by atomic mass is 32.2. The highest BCUT2D eigenvalue weighted by molar-refractivity contribution is 7.99. The number of rotatable bonds is 4. The van der Waals surface area contributed by atoms with E-state index in [1.807, 2.05) is 38.1 Å². The van der Waals surface area contributed by atoms with Crippen LogP contribution < -0.4 is 5.73 Å². The molecule has 4 heteroatoms. The van der Waals surface area contributed by atoms with Gasteiger partial charge in [0.05, 0.1) is 5.75 Å². The summed E-state index contributed by atoms with van der Waals surface area (Å²) in [5, 5.41) is 0. The zero-order valence-electron chi connectivity index (χ0n) is 8.84. The van der Waals surface area contributed by atoms with Crippen molar-refractivity contribution in [3.05, 3.63) is 29.8 Å². The molecule has 1 nitrogen and oxygen atoms in total. The number of hydrogen-bond acceptors (Lipinski definition) is 2. The Morgan fingerprint density at radius 2 is 1.80 bits per heavy atom. The molecule has 0 aliphatic carbocycles. The fourth-order valence-electron chi connectivity index (χ4n) is 1.14. The van der Waals surface area contributed by atoms with Gasteiger partial charge in [-0.2, -0.15) is 0 Å². The van der Waals surface area contributed by atoms with Gasteiger partial charge in [0.2, 0.25) is 6.43 Å². The molecule has 84 valence electrons. The molecule has 0 amide bonds. The van der Waals surface area contributed by atoms with Crippen molar-refractivity contribution in [2.75, 3.05) is 5.75 Å². The van der Waals surface area contributed by atoms with E-state index in [1.54, 1.807) is 0 Å². The summed E-state index contributed by atoms with van der Waals surface area (Å²) in [6, 6.07) is 7.43. The molecule has 1 rings (SSSR count). The van der Waals surface area contributed by atoms with Crippen LogP contribution in [-0.2, 0) is 5.54 Å². The number of benzene rings is 1. The van der Waals surface area contributed by atoms with Gasteiger partial charge in [-0.3, -0.25) is 0 Å². The van der Waals surface area contributed by atoms with E-state index >= 15 is 0 Å². The molecule has 0 heterocycles. The average Bonchev–Trinajstić information content (AvgIpc) is 2.14. The molecule has 0 spiro atoms. The van der Waals surface area contributed by atoms with Gasteiger partial charge in [-0.25, -0.2) is 8.78 Å². The lowest BCUT2D eigenvalue weighted by molar-refractivity contribution is 0.177. The van der Waals surface area contributed by atoms with Gasteiger partial charge in [-0.15, -0.1) is 11.8 Å². The van der Waals surface area contributed by atoms with Crippen molar-refractivity contribution >= 4 is 11.8 Å². The van der Waals surface area contributed by atoms with E-state index in [9.17, 15) is 8.78 Å². The van der Waals surface area contributed by atoms with Gasteiger partial charge in [-0.05, 0) is 31.5 Å². The lowest BCUT2D eigenvalue weighted by Crippen LogP contribution is -2.28. The number of halogens is 2. The third-order valence-corrected chi connectivity index (χ3v) is 3.00. The smallest absolute Gasteiger partial charge is 0.247 e. The monoisotopic (exact) mass is 231 g/mol. The van der Waals surface area contributed by atoms with Crippen molar-refractivity contribution in [3.8, 4) is 0 Å². The second-order valence-corrected chi connectivity index (χ2v) is 5.04.